The van der Waals surface area contributed by atoms with E-state index in [0.29, 0.717) is 37.9 Å². The Hall–Kier alpha value is -1.76. The molecule has 1 heterocycles. The molecule has 0 aliphatic heterocycles. The van der Waals surface area contributed by atoms with Gasteiger partial charge in [-0.15, -0.1) is 10.2 Å². The minimum atomic E-state index is -0.362. The summed E-state index contributed by atoms with van der Waals surface area (Å²) in [5.41, 5.74) is 1.08. The highest BCUT2D eigenvalue weighted by molar-refractivity contribution is 7.98. The van der Waals surface area contributed by atoms with E-state index in [-0.39, 0.29) is 5.82 Å². The number of nitrogen functional groups attached to an aromatic ring is 1. The molecule has 0 saturated carbocycles. The number of hydrogen-bond acceptors (Lipinski definition) is 4. The van der Waals surface area contributed by atoms with Gasteiger partial charge in [0.05, 0.1) is 5.02 Å². The summed E-state index contributed by atoms with van der Waals surface area (Å²) in [5.74, 6) is 6.41. The lowest BCUT2D eigenvalue weighted by molar-refractivity contribution is 0.617. The highest BCUT2D eigenvalue weighted by Crippen LogP contribution is 2.30. The summed E-state index contributed by atoms with van der Waals surface area (Å²) < 4.78 is 15.1. The van der Waals surface area contributed by atoms with Crippen molar-refractivity contribution in [1.29, 1.82) is 0 Å². The highest BCUT2D eigenvalue weighted by Gasteiger charge is 2.16. The van der Waals surface area contributed by atoms with E-state index in [1.54, 1.807) is 24.3 Å². The lowest BCUT2D eigenvalue weighted by atomic mass is 10.2. The van der Waals surface area contributed by atoms with Gasteiger partial charge in [0.2, 0.25) is 5.16 Å². The quantitative estimate of drug-likeness (QED) is 0.547. The molecule has 0 amide bonds. The number of nitrogens with zero attached hydrogens (tertiary/aromatic N) is 3. The van der Waals surface area contributed by atoms with E-state index in [9.17, 15) is 4.39 Å². The molecule has 3 aromatic rings. The fraction of sp³-hybridized carbons (Fsp3) is 0.0667. The van der Waals surface area contributed by atoms with Gasteiger partial charge < -0.3 is 5.84 Å². The van der Waals surface area contributed by atoms with Gasteiger partial charge in [0, 0.05) is 21.9 Å². The van der Waals surface area contributed by atoms with Crippen LogP contribution in [-0.4, -0.2) is 14.9 Å². The zero-order chi connectivity index (χ0) is 16.4. The van der Waals surface area contributed by atoms with E-state index < -0.39 is 0 Å². The normalized spacial score (nSPS) is 10.9. The molecule has 0 aliphatic rings. The average molecular weight is 369 g/mol. The largest absolute Gasteiger partial charge is 0.335 e. The zero-order valence-electron chi connectivity index (χ0n) is 11.7. The van der Waals surface area contributed by atoms with Gasteiger partial charge in [0.1, 0.15) is 5.82 Å². The second kappa shape index (κ2) is 6.78. The molecule has 8 heteroatoms. The van der Waals surface area contributed by atoms with Crippen LogP contribution in [0.2, 0.25) is 10.0 Å². The van der Waals surface area contributed by atoms with Crippen LogP contribution in [0.15, 0.2) is 47.6 Å². The topological polar surface area (TPSA) is 56.7 Å². The Kier molecular flexibility index (Phi) is 4.75. The van der Waals surface area contributed by atoms with E-state index in [4.69, 9.17) is 29.0 Å². The fourth-order valence-corrected chi connectivity index (χ4v) is 3.43. The Bertz CT molecular complexity index is 833. The number of nitrogens with two attached hydrogens (primary N) is 1. The van der Waals surface area contributed by atoms with Crippen molar-refractivity contribution >= 4 is 35.0 Å². The Morgan fingerprint density at radius 2 is 1.78 bits per heavy atom. The number of benzene rings is 2. The summed E-state index contributed by atoms with van der Waals surface area (Å²) in [5, 5.41) is 9.43. The summed E-state index contributed by atoms with van der Waals surface area (Å²) in [6.45, 7) is 0. The third-order valence-corrected chi connectivity index (χ3v) is 4.84. The van der Waals surface area contributed by atoms with Gasteiger partial charge >= 0.3 is 0 Å². The third kappa shape index (κ3) is 3.29. The van der Waals surface area contributed by atoms with E-state index in [0.717, 1.165) is 0 Å². The first-order chi connectivity index (χ1) is 11.1. The first-order valence-electron chi connectivity index (χ1n) is 6.59. The summed E-state index contributed by atoms with van der Waals surface area (Å²) in [6, 6.07) is 11.8. The van der Waals surface area contributed by atoms with Crippen LogP contribution in [0.25, 0.3) is 11.4 Å². The van der Waals surface area contributed by atoms with E-state index in [1.807, 2.05) is 12.1 Å². The Balaban J connectivity index is 1.85. The van der Waals surface area contributed by atoms with Crippen molar-refractivity contribution in [2.75, 3.05) is 5.84 Å². The molecular weight excluding hydrogens is 358 g/mol. The standard InChI is InChI=1S/C15H11Cl2FN4S/c16-11-5-2-1-4-9(11)14-20-21-15(22(14)19)23-8-10-12(17)6-3-7-13(10)18/h1-7H,8,19H2. The molecule has 0 bridgehead atoms. The highest BCUT2D eigenvalue weighted by atomic mass is 35.5. The Morgan fingerprint density at radius 3 is 2.52 bits per heavy atom. The van der Waals surface area contributed by atoms with Crippen molar-refractivity contribution in [3.05, 3.63) is 63.9 Å². The third-order valence-electron chi connectivity index (χ3n) is 3.19. The first kappa shape index (κ1) is 16.1. The first-order valence-corrected chi connectivity index (χ1v) is 8.33. The average Bonchev–Trinajstić information content (AvgIpc) is 2.88. The molecule has 23 heavy (non-hydrogen) atoms. The molecule has 0 unspecified atom stereocenters. The Labute approximate surface area is 146 Å². The number of rotatable bonds is 4. The van der Waals surface area contributed by atoms with Gasteiger partial charge in [-0.05, 0) is 24.3 Å². The minimum Gasteiger partial charge on any atom is -0.335 e. The fourth-order valence-electron chi connectivity index (χ4n) is 2.01. The van der Waals surface area contributed by atoms with E-state index in [2.05, 4.69) is 10.2 Å². The molecule has 2 N–H and O–H groups in total. The summed E-state index contributed by atoms with van der Waals surface area (Å²) >= 11 is 13.4. The smallest absolute Gasteiger partial charge is 0.210 e. The molecule has 0 atom stereocenters. The van der Waals surface area contributed by atoms with Crippen LogP contribution < -0.4 is 5.84 Å². The molecule has 0 aliphatic carbocycles. The lowest BCUT2D eigenvalue weighted by Gasteiger charge is -2.06. The second-order valence-corrected chi connectivity index (χ2v) is 6.40. The Morgan fingerprint density at radius 1 is 1.04 bits per heavy atom. The number of hydrogen-bond donors (Lipinski definition) is 1. The molecule has 2 aromatic carbocycles. The zero-order valence-corrected chi connectivity index (χ0v) is 14.0. The van der Waals surface area contributed by atoms with Crippen molar-refractivity contribution in [2.45, 2.75) is 10.9 Å². The number of halogens is 3. The van der Waals surface area contributed by atoms with Crippen LogP contribution in [-0.2, 0) is 5.75 Å². The molecule has 118 valence electrons. The van der Waals surface area contributed by atoms with E-state index in [1.165, 1.54) is 22.5 Å². The monoisotopic (exact) mass is 368 g/mol. The van der Waals surface area contributed by atoms with Gasteiger partial charge in [-0.3, -0.25) is 0 Å². The maximum atomic E-state index is 13.8. The van der Waals surface area contributed by atoms with Crippen LogP contribution >= 0.6 is 35.0 Å². The SMILES string of the molecule is Nn1c(SCc2c(F)cccc2Cl)nnc1-c1ccccc1Cl. The predicted molar refractivity (Wildman–Crippen MR) is 91.6 cm³/mol. The number of aromatic nitrogens is 3. The predicted octanol–water partition coefficient (Wildman–Crippen LogP) is 4.40. The van der Waals surface area contributed by atoms with Crippen LogP contribution in [0.5, 0.6) is 0 Å². The van der Waals surface area contributed by atoms with Crippen molar-refractivity contribution in [1.82, 2.24) is 14.9 Å². The van der Waals surface area contributed by atoms with Crippen molar-refractivity contribution in [3.8, 4) is 11.4 Å². The van der Waals surface area contributed by atoms with Crippen molar-refractivity contribution in [3.63, 3.8) is 0 Å². The maximum Gasteiger partial charge on any atom is 0.210 e. The van der Waals surface area contributed by atoms with Gasteiger partial charge in [0.25, 0.3) is 0 Å². The maximum absolute atomic E-state index is 13.8. The van der Waals surface area contributed by atoms with Gasteiger partial charge in [-0.2, -0.15) is 0 Å². The lowest BCUT2D eigenvalue weighted by Crippen LogP contribution is -2.11. The molecule has 0 radical (unpaired) electrons. The van der Waals surface area contributed by atoms with Crippen LogP contribution in [0, 0.1) is 5.82 Å². The molecule has 4 nitrogen and oxygen atoms in total. The summed E-state index contributed by atoms with van der Waals surface area (Å²) in [6.07, 6.45) is 0. The molecule has 3 rings (SSSR count). The van der Waals surface area contributed by atoms with Crippen molar-refractivity contribution in [2.24, 2.45) is 0 Å². The van der Waals surface area contributed by atoms with Crippen molar-refractivity contribution < 1.29 is 4.39 Å². The molecule has 0 spiro atoms. The molecular formula is C15H11Cl2FN4S. The molecule has 0 fully saturated rings. The van der Waals surface area contributed by atoms with Crippen LogP contribution in [0.3, 0.4) is 0 Å². The van der Waals surface area contributed by atoms with Gasteiger partial charge in [0.15, 0.2) is 5.82 Å². The summed E-state index contributed by atoms with van der Waals surface area (Å²) in [4.78, 5) is 0. The van der Waals surface area contributed by atoms with Crippen LogP contribution in [0.4, 0.5) is 4.39 Å². The minimum absolute atomic E-state index is 0.295. The molecule has 0 saturated heterocycles. The molecule has 1 aromatic heterocycles. The van der Waals surface area contributed by atoms with Gasteiger partial charge in [-0.1, -0.05) is 53.2 Å². The summed E-state index contributed by atoms with van der Waals surface area (Å²) in [7, 11) is 0. The van der Waals surface area contributed by atoms with E-state index >= 15 is 0 Å². The second-order valence-electron chi connectivity index (χ2n) is 4.64. The van der Waals surface area contributed by atoms with Gasteiger partial charge in [-0.25, -0.2) is 9.07 Å². The number of thioether (sulfide) groups is 1. The van der Waals surface area contributed by atoms with Crippen LogP contribution in [0.1, 0.15) is 5.56 Å².